The smallest absolute Gasteiger partial charge is 0.345 e. The lowest BCUT2D eigenvalue weighted by molar-refractivity contribution is -0.149. The Labute approximate surface area is 178 Å². The highest BCUT2D eigenvalue weighted by atomic mass is 16.7. The lowest BCUT2D eigenvalue weighted by atomic mass is 10.0. The molecule has 0 atom stereocenters. The van der Waals surface area contributed by atoms with Gasteiger partial charge in [0.05, 0.1) is 11.9 Å². The van der Waals surface area contributed by atoms with Gasteiger partial charge < -0.3 is 14.8 Å². The fourth-order valence-electron chi connectivity index (χ4n) is 2.87. The lowest BCUT2D eigenvalue weighted by Gasteiger charge is -2.17. The number of nitrogens with one attached hydrogen (secondary N) is 1. The summed E-state index contributed by atoms with van der Waals surface area (Å²) in [7, 11) is 0. The average Bonchev–Trinajstić information content (AvgIpc) is 2.76. The van der Waals surface area contributed by atoms with Crippen LogP contribution >= 0.6 is 0 Å². The van der Waals surface area contributed by atoms with Gasteiger partial charge in [0.1, 0.15) is 16.9 Å². The number of benzene rings is 1. The summed E-state index contributed by atoms with van der Waals surface area (Å²) in [6.07, 6.45) is 3.18. The number of aryl methyl sites for hydroxylation is 2. The summed E-state index contributed by atoms with van der Waals surface area (Å²) in [4.78, 5) is 41.3. The third kappa shape index (κ3) is 4.95. The molecule has 0 aliphatic heterocycles. The summed E-state index contributed by atoms with van der Waals surface area (Å²) in [5.41, 5.74) is 1.71. The normalized spacial score (nSPS) is 10.4. The number of pyridine rings is 1. The molecule has 0 saturated heterocycles. The van der Waals surface area contributed by atoms with Gasteiger partial charge >= 0.3 is 11.9 Å². The van der Waals surface area contributed by atoms with Gasteiger partial charge in [-0.3, -0.25) is 14.6 Å². The number of carbonyl (C=O) groups is 2. The summed E-state index contributed by atoms with van der Waals surface area (Å²) < 4.78 is 11.1. The van der Waals surface area contributed by atoms with E-state index in [2.05, 4.69) is 15.4 Å². The second-order valence-electron chi connectivity index (χ2n) is 6.59. The van der Waals surface area contributed by atoms with E-state index in [9.17, 15) is 14.4 Å². The van der Waals surface area contributed by atoms with E-state index in [1.807, 2.05) is 13.0 Å². The van der Waals surface area contributed by atoms with E-state index in [1.165, 1.54) is 11.6 Å². The second-order valence-corrected chi connectivity index (χ2v) is 6.59. The minimum Gasteiger partial charge on any atom is -0.428 e. The van der Waals surface area contributed by atoms with Crippen LogP contribution in [0.2, 0.25) is 0 Å². The number of carbonyl (C=O) groups excluding carboxylic acids is 2. The van der Waals surface area contributed by atoms with Crippen molar-refractivity contribution >= 4 is 23.3 Å². The molecule has 3 aromatic rings. The van der Waals surface area contributed by atoms with Gasteiger partial charge in [0.2, 0.25) is 6.79 Å². The first-order valence-electron chi connectivity index (χ1n) is 9.61. The van der Waals surface area contributed by atoms with Crippen molar-refractivity contribution in [1.82, 2.24) is 14.8 Å². The molecule has 0 saturated carbocycles. The first kappa shape index (κ1) is 21.7. The highest BCUT2D eigenvalue weighted by Crippen LogP contribution is 2.28. The molecule has 160 valence electrons. The number of anilines is 2. The van der Waals surface area contributed by atoms with Crippen molar-refractivity contribution in [3.8, 4) is 11.3 Å². The minimum absolute atomic E-state index is 0.000344. The van der Waals surface area contributed by atoms with Gasteiger partial charge in [0.25, 0.3) is 5.56 Å². The van der Waals surface area contributed by atoms with Crippen molar-refractivity contribution in [2.45, 2.75) is 27.3 Å². The van der Waals surface area contributed by atoms with Crippen LogP contribution in [0.1, 0.15) is 29.8 Å². The van der Waals surface area contributed by atoms with Crippen LogP contribution in [0.25, 0.3) is 11.3 Å². The quantitative estimate of drug-likeness (QED) is 0.457. The number of nitrogens with zero attached hydrogens (tertiary/aromatic N) is 3. The summed E-state index contributed by atoms with van der Waals surface area (Å²) >= 11 is 0. The number of hydrogen-bond acceptors (Lipinski definition) is 8. The van der Waals surface area contributed by atoms with Crippen LogP contribution in [0, 0.1) is 6.92 Å². The molecule has 3 rings (SSSR count). The van der Waals surface area contributed by atoms with Crippen LogP contribution in [0.5, 0.6) is 0 Å². The summed E-state index contributed by atoms with van der Waals surface area (Å²) in [5.74, 6) is -1.45. The molecule has 31 heavy (non-hydrogen) atoms. The van der Waals surface area contributed by atoms with E-state index in [4.69, 9.17) is 9.47 Å². The molecule has 0 aliphatic rings. The highest BCUT2D eigenvalue weighted by molar-refractivity contribution is 6.02. The summed E-state index contributed by atoms with van der Waals surface area (Å²) in [6, 6.07) is 10.7. The Balaban J connectivity index is 2.20. The Morgan fingerprint density at radius 2 is 1.87 bits per heavy atom. The topological polar surface area (TPSA) is 112 Å². The molecule has 0 fully saturated rings. The van der Waals surface area contributed by atoms with Crippen LogP contribution in [0.15, 0.2) is 53.6 Å². The molecule has 0 amide bonds. The molecule has 2 heterocycles. The SMILES string of the molecule is CCn1nc(-c2ccccc2)c(C(=O)OCOC(C)=O)c(Nc2cnccc2C)c1=O. The maximum Gasteiger partial charge on any atom is 0.345 e. The Morgan fingerprint density at radius 3 is 2.52 bits per heavy atom. The Hall–Kier alpha value is -4.01. The molecule has 9 nitrogen and oxygen atoms in total. The molecule has 2 aromatic heterocycles. The number of hydrogen-bond donors (Lipinski definition) is 1. The fourth-order valence-corrected chi connectivity index (χ4v) is 2.87. The second kappa shape index (κ2) is 9.66. The molecule has 1 aromatic carbocycles. The van der Waals surface area contributed by atoms with E-state index in [0.717, 1.165) is 5.56 Å². The van der Waals surface area contributed by atoms with Crippen LogP contribution in [0.3, 0.4) is 0 Å². The Morgan fingerprint density at radius 1 is 1.13 bits per heavy atom. The zero-order chi connectivity index (χ0) is 22.4. The fraction of sp³-hybridized carbons (Fsp3) is 0.227. The van der Waals surface area contributed by atoms with Crippen LogP contribution in [-0.2, 0) is 20.8 Å². The summed E-state index contributed by atoms with van der Waals surface area (Å²) in [5, 5.41) is 7.42. The van der Waals surface area contributed by atoms with Crippen LogP contribution < -0.4 is 10.9 Å². The monoisotopic (exact) mass is 422 g/mol. The van der Waals surface area contributed by atoms with E-state index in [0.29, 0.717) is 17.8 Å². The first-order valence-corrected chi connectivity index (χ1v) is 9.61. The molecule has 0 aliphatic carbocycles. The molecular formula is C22H22N4O5. The zero-order valence-electron chi connectivity index (χ0n) is 17.4. The van der Waals surface area contributed by atoms with Gasteiger partial charge in [-0.25, -0.2) is 9.48 Å². The highest BCUT2D eigenvalue weighted by Gasteiger charge is 2.26. The van der Waals surface area contributed by atoms with Crippen LogP contribution in [-0.4, -0.2) is 33.5 Å². The molecular weight excluding hydrogens is 400 g/mol. The van der Waals surface area contributed by atoms with E-state index < -0.39 is 24.3 Å². The standard InChI is InChI=1S/C22H22N4O5/c1-4-26-21(28)20(24-17-12-23-11-10-14(17)2)18(22(29)31-13-30-15(3)27)19(25-26)16-8-6-5-7-9-16/h5-12,24H,4,13H2,1-3H3. The van der Waals surface area contributed by atoms with Gasteiger partial charge in [-0.05, 0) is 25.5 Å². The maximum atomic E-state index is 13.1. The zero-order valence-corrected chi connectivity index (χ0v) is 17.4. The average molecular weight is 422 g/mol. The maximum absolute atomic E-state index is 13.1. The predicted molar refractivity (Wildman–Crippen MR) is 114 cm³/mol. The third-order valence-electron chi connectivity index (χ3n) is 4.46. The number of aromatic nitrogens is 3. The van der Waals surface area contributed by atoms with Crippen molar-refractivity contribution < 1.29 is 19.1 Å². The summed E-state index contributed by atoms with van der Waals surface area (Å²) in [6.45, 7) is 4.54. The minimum atomic E-state index is -0.850. The van der Waals surface area contributed by atoms with E-state index in [-0.39, 0.29) is 16.9 Å². The van der Waals surface area contributed by atoms with Crippen molar-refractivity contribution in [2.75, 3.05) is 12.1 Å². The van der Waals surface area contributed by atoms with Gasteiger partial charge in [-0.2, -0.15) is 5.10 Å². The molecule has 1 N–H and O–H groups in total. The number of rotatable bonds is 7. The van der Waals surface area contributed by atoms with Crippen molar-refractivity contribution in [1.29, 1.82) is 0 Å². The van der Waals surface area contributed by atoms with E-state index >= 15 is 0 Å². The molecule has 0 bridgehead atoms. The third-order valence-corrected chi connectivity index (χ3v) is 4.46. The number of esters is 2. The Kier molecular flexibility index (Phi) is 6.76. The molecule has 9 heteroatoms. The van der Waals surface area contributed by atoms with Gasteiger partial charge in [-0.15, -0.1) is 0 Å². The van der Waals surface area contributed by atoms with Crippen molar-refractivity contribution in [3.05, 3.63) is 70.3 Å². The molecule has 0 spiro atoms. The predicted octanol–water partition coefficient (Wildman–Crippen LogP) is 3.05. The Bertz CT molecular complexity index is 1160. The van der Waals surface area contributed by atoms with Gasteiger partial charge in [0, 0.05) is 25.2 Å². The lowest BCUT2D eigenvalue weighted by Crippen LogP contribution is -2.29. The van der Waals surface area contributed by atoms with Gasteiger partial charge in [-0.1, -0.05) is 30.3 Å². The first-order chi connectivity index (χ1) is 14.9. The van der Waals surface area contributed by atoms with Gasteiger partial charge in [0.15, 0.2) is 0 Å². The molecule has 0 unspecified atom stereocenters. The van der Waals surface area contributed by atoms with Crippen molar-refractivity contribution in [2.24, 2.45) is 0 Å². The van der Waals surface area contributed by atoms with E-state index in [1.54, 1.807) is 49.6 Å². The molecule has 0 radical (unpaired) electrons. The number of ether oxygens (including phenoxy) is 2. The van der Waals surface area contributed by atoms with Crippen molar-refractivity contribution in [3.63, 3.8) is 0 Å². The van der Waals surface area contributed by atoms with Crippen LogP contribution in [0.4, 0.5) is 11.4 Å². The largest absolute Gasteiger partial charge is 0.428 e.